The molecule has 1 unspecified atom stereocenters. The van der Waals surface area contributed by atoms with Gasteiger partial charge in [-0.05, 0) is 49.1 Å². The third-order valence-electron chi connectivity index (χ3n) is 7.80. The number of rotatable bonds is 9. The first kappa shape index (κ1) is 26.4. The average Bonchev–Trinajstić information content (AvgIpc) is 3.51. The molecule has 1 saturated carbocycles. The number of halogens is 3. The summed E-state index contributed by atoms with van der Waals surface area (Å²) in [6, 6.07) is 4.60. The lowest BCUT2D eigenvalue weighted by Crippen LogP contribution is -2.53. The summed E-state index contributed by atoms with van der Waals surface area (Å²) >= 11 is 8.47. The van der Waals surface area contributed by atoms with Crippen LogP contribution in [0.5, 0.6) is 5.75 Å². The van der Waals surface area contributed by atoms with Crippen molar-refractivity contribution in [2.75, 3.05) is 37.7 Å². The molecule has 1 aromatic carbocycles. The fraction of sp³-hybridized carbons (Fsp3) is 0.538. The van der Waals surface area contributed by atoms with Gasteiger partial charge in [0, 0.05) is 35.7 Å². The van der Waals surface area contributed by atoms with Crippen LogP contribution in [0.15, 0.2) is 30.6 Å². The number of ether oxygens (including phenoxy) is 1. The summed E-state index contributed by atoms with van der Waals surface area (Å²) in [5.41, 5.74) is 0.291. The highest BCUT2D eigenvalue weighted by atomic mass is 127. The Morgan fingerprint density at radius 2 is 1.92 bits per heavy atom. The van der Waals surface area contributed by atoms with E-state index >= 15 is 0 Å². The number of amides is 1. The van der Waals surface area contributed by atoms with Crippen LogP contribution in [0.25, 0.3) is 0 Å². The van der Waals surface area contributed by atoms with Crippen LogP contribution in [-0.2, 0) is 16.0 Å². The second-order valence-electron chi connectivity index (χ2n) is 10.2. The number of anilines is 1. The second kappa shape index (κ2) is 10.9. The van der Waals surface area contributed by atoms with Crippen LogP contribution in [0.2, 0.25) is 5.02 Å². The third kappa shape index (κ3) is 6.10. The van der Waals surface area contributed by atoms with Crippen molar-refractivity contribution in [3.8, 4) is 5.75 Å². The quantitative estimate of drug-likeness (QED) is 0.323. The lowest BCUT2D eigenvalue weighted by Gasteiger charge is -2.36. The molecule has 2 aliphatic heterocycles. The molecule has 3 heterocycles. The highest BCUT2D eigenvalue weighted by Gasteiger charge is 2.55. The van der Waals surface area contributed by atoms with E-state index in [0.717, 1.165) is 38.3 Å². The van der Waals surface area contributed by atoms with E-state index in [-0.39, 0.29) is 28.8 Å². The molecule has 198 valence electrons. The van der Waals surface area contributed by atoms with E-state index in [1.165, 1.54) is 17.4 Å². The number of aromatic nitrogens is 2. The molecule has 1 amide bonds. The minimum Gasteiger partial charge on any atom is -0.493 e. The van der Waals surface area contributed by atoms with Crippen LogP contribution in [0.4, 0.5) is 10.3 Å². The van der Waals surface area contributed by atoms with Crippen molar-refractivity contribution in [2.24, 2.45) is 17.8 Å². The van der Waals surface area contributed by atoms with Gasteiger partial charge in [0.2, 0.25) is 11.9 Å². The van der Waals surface area contributed by atoms with E-state index < -0.39 is 17.7 Å². The zero-order chi connectivity index (χ0) is 26.2. The number of nitrogens with zero attached hydrogens (tertiary/aromatic N) is 4. The molecule has 1 aromatic heterocycles. The molecule has 0 radical (unpaired) electrons. The average molecular weight is 643 g/mol. The molecule has 8 nitrogen and oxygen atoms in total. The third-order valence-corrected chi connectivity index (χ3v) is 9.77. The maximum Gasteiger partial charge on any atom is 0.310 e. The minimum absolute atomic E-state index is 0.0834. The van der Waals surface area contributed by atoms with Crippen LogP contribution >= 0.6 is 34.2 Å². The van der Waals surface area contributed by atoms with Crippen molar-refractivity contribution < 1.29 is 23.8 Å². The Kier molecular flexibility index (Phi) is 7.76. The first-order valence-electron chi connectivity index (χ1n) is 12.5. The Bertz CT molecular complexity index is 1160. The maximum atomic E-state index is 14.6. The summed E-state index contributed by atoms with van der Waals surface area (Å²) in [5, 5.41) is 9.48. The topological polar surface area (TPSA) is 95.9 Å². The van der Waals surface area contributed by atoms with Crippen LogP contribution in [-0.4, -0.2) is 68.1 Å². The molecule has 37 heavy (non-hydrogen) atoms. The number of carbonyl (C=O) groups excluding carboxylic acids is 1. The normalized spacial score (nSPS) is 24.0. The lowest BCUT2D eigenvalue weighted by atomic mass is 9.90. The lowest BCUT2D eigenvalue weighted by molar-refractivity contribution is -0.152. The smallest absolute Gasteiger partial charge is 0.310 e. The van der Waals surface area contributed by atoms with E-state index in [0.29, 0.717) is 34.8 Å². The predicted molar refractivity (Wildman–Crippen MR) is 145 cm³/mol. The Morgan fingerprint density at radius 3 is 2.57 bits per heavy atom. The summed E-state index contributed by atoms with van der Waals surface area (Å²) in [5.74, 6) is 0.365. The van der Waals surface area contributed by atoms with Gasteiger partial charge < -0.3 is 19.6 Å². The number of hydrogen-bond donors (Lipinski definition) is 1. The van der Waals surface area contributed by atoms with Crippen molar-refractivity contribution in [1.29, 1.82) is 0 Å². The van der Waals surface area contributed by atoms with Gasteiger partial charge in [-0.25, -0.2) is 14.4 Å². The van der Waals surface area contributed by atoms with Gasteiger partial charge in [-0.15, -0.1) is 0 Å². The zero-order valence-corrected chi connectivity index (χ0v) is 23.2. The van der Waals surface area contributed by atoms with E-state index in [4.69, 9.17) is 21.4 Å². The Labute approximate surface area is 233 Å². The number of hydrogen-bond acceptors (Lipinski definition) is 6. The van der Waals surface area contributed by atoms with Crippen molar-refractivity contribution in [2.45, 2.75) is 35.5 Å². The molecule has 3 aliphatic rings. The number of alkyl halides is 1. The van der Waals surface area contributed by atoms with Gasteiger partial charge in [-0.3, -0.25) is 9.59 Å². The molecule has 1 N–H and O–H groups in total. The zero-order valence-electron chi connectivity index (χ0n) is 20.3. The van der Waals surface area contributed by atoms with Gasteiger partial charge >= 0.3 is 5.97 Å². The molecular formula is C26H29ClFIN4O4. The molecule has 5 rings (SSSR count). The monoisotopic (exact) mass is 642 g/mol. The molecule has 2 aromatic rings. The SMILES string of the molecule is O=C(O)C1CN(C(=O)Cc2ccc(OCC[C@]3(I)CC3C3CCN(c4ncc(Cl)cn4)CC3)cc2F)C1. The number of carbonyl (C=O) groups is 2. The summed E-state index contributed by atoms with van der Waals surface area (Å²) in [6.45, 7) is 2.77. The van der Waals surface area contributed by atoms with Gasteiger partial charge in [0.1, 0.15) is 11.6 Å². The Balaban J connectivity index is 1.04. The Hall–Kier alpha value is -2.21. The molecule has 2 saturated heterocycles. The summed E-state index contributed by atoms with van der Waals surface area (Å²) < 4.78 is 20.7. The molecule has 11 heteroatoms. The van der Waals surface area contributed by atoms with Gasteiger partial charge in [-0.1, -0.05) is 40.3 Å². The summed E-state index contributed by atoms with van der Waals surface area (Å²) in [6.07, 6.45) is 7.49. The highest BCUT2D eigenvalue weighted by molar-refractivity contribution is 14.1. The van der Waals surface area contributed by atoms with E-state index in [9.17, 15) is 14.0 Å². The largest absolute Gasteiger partial charge is 0.493 e. The minimum atomic E-state index is -0.905. The van der Waals surface area contributed by atoms with Crippen molar-refractivity contribution >= 4 is 52.0 Å². The number of carboxylic acids is 1. The van der Waals surface area contributed by atoms with Crippen LogP contribution < -0.4 is 9.64 Å². The number of benzene rings is 1. The summed E-state index contributed by atoms with van der Waals surface area (Å²) in [4.78, 5) is 35.5. The predicted octanol–water partition coefficient (Wildman–Crippen LogP) is 4.23. The van der Waals surface area contributed by atoms with E-state index in [1.54, 1.807) is 24.5 Å². The fourth-order valence-corrected chi connectivity index (χ4v) is 6.67. The van der Waals surface area contributed by atoms with Crippen LogP contribution in [0, 0.1) is 23.6 Å². The molecule has 1 aliphatic carbocycles. The molecule has 2 atom stereocenters. The van der Waals surface area contributed by atoms with Crippen molar-refractivity contribution in [1.82, 2.24) is 14.9 Å². The molecular weight excluding hydrogens is 614 g/mol. The van der Waals surface area contributed by atoms with E-state index in [2.05, 4.69) is 37.5 Å². The van der Waals surface area contributed by atoms with Crippen LogP contribution in [0.1, 0.15) is 31.2 Å². The molecule has 0 bridgehead atoms. The number of likely N-dealkylation sites (tertiary alicyclic amines) is 1. The van der Waals surface area contributed by atoms with Crippen molar-refractivity contribution in [3.05, 3.63) is 47.0 Å². The molecule has 3 fully saturated rings. The standard InChI is InChI=1S/C26H29ClFIN4O4/c27-19-12-30-25(31-13-19)32-6-3-16(4-7-32)21-11-26(21,29)5-8-37-20-2-1-17(22(28)10-20)9-23(34)33-14-18(15-33)24(35)36/h1-2,10,12-13,16,18,21H,3-9,11,14-15H2,(H,35,36)/t21?,26-/m0/s1. The van der Waals surface area contributed by atoms with Crippen LogP contribution in [0.3, 0.4) is 0 Å². The maximum absolute atomic E-state index is 14.6. The first-order valence-corrected chi connectivity index (χ1v) is 14.0. The second-order valence-corrected chi connectivity index (χ2v) is 12.8. The number of aliphatic carboxylic acids is 1. The van der Waals surface area contributed by atoms with Gasteiger partial charge in [0.05, 0.1) is 36.4 Å². The molecule has 0 spiro atoms. The van der Waals surface area contributed by atoms with Crippen molar-refractivity contribution in [3.63, 3.8) is 0 Å². The summed E-state index contributed by atoms with van der Waals surface area (Å²) in [7, 11) is 0. The van der Waals surface area contributed by atoms with Gasteiger partial charge in [-0.2, -0.15) is 0 Å². The van der Waals surface area contributed by atoms with Gasteiger partial charge in [0.15, 0.2) is 0 Å². The Morgan fingerprint density at radius 1 is 1.22 bits per heavy atom. The number of piperidine rings is 1. The fourth-order valence-electron chi connectivity index (χ4n) is 5.37. The first-order chi connectivity index (χ1) is 17.7. The number of carboxylic acid groups (broad SMARTS) is 1. The van der Waals surface area contributed by atoms with E-state index in [1.807, 2.05) is 0 Å². The van der Waals surface area contributed by atoms with Gasteiger partial charge in [0.25, 0.3) is 0 Å². The highest BCUT2D eigenvalue weighted by Crippen LogP contribution is 2.59.